The Labute approximate surface area is 247 Å². The molecule has 1 saturated carbocycles. The average Bonchev–Trinajstić information content (AvgIpc) is 2.98. The number of hydrogen-bond acceptors (Lipinski definition) is 6. The molecule has 10 nitrogen and oxygen atoms in total. The third-order valence-corrected chi connectivity index (χ3v) is 6.82. The van der Waals surface area contributed by atoms with Gasteiger partial charge in [0.1, 0.15) is 0 Å². The highest BCUT2D eigenvalue weighted by Crippen LogP contribution is 2.25. The average molecular weight is 605 g/mol. The lowest BCUT2D eigenvalue weighted by molar-refractivity contribution is -0.202. The predicted molar refractivity (Wildman–Crippen MR) is 150 cm³/mol. The molecule has 0 spiro atoms. The fourth-order valence-electron chi connectivity index (χ4n) is 4.61. The van der Waals surface area contributed by atoms with Gasteiger partial charge in [0.05, 0.1) is 19.0 Å². The normalized spacial score (nSPS) is 14.2. The van der Waals surface area contributed by atoms with Crippen molar-refractivity contribution in [2.24, 2.45) is 0 Å². The van der Waals surface area contributed by atoms with Crippen molar-refractivity contribution in [3.8, 4) is 11.1 Å². The third-order valence-electron chi connectivity index (χ3n) is 6.82. The summed E-state index contributed by atoms with van der Waals surface area (Å²) in [6, 6.07) is 14.6. The lowest BCUT2D eigenvalue weighted by atomic mass is 9.96. The van der Waals surface area contributed by atoms with Gasteiger partial charge in [0.25, 0.3) is 0 Å². The summed E-state index contributed by atoms with van der Waals surface area (Å²) in [6.45, 7) is -0.207. The number of hydrogen-bond donors (Lipinski definition) is 4. The number of amides is 4. The van der Waals surface area contributed by atoms with Crippen LogP contribution in [-0.2, 0) is 23.9 Å². The molecule has 1 aliphatic carbocycles. The van der Waals surface area contributed by atoms with Crippen LogP contribution in [0.2, 0.25) is 0 Å². The smallest absolute Gasteiger partial charge is 0.386 e. The second-order valence-corrected chi connectivity index (χ2v) is 10.2. The number of halogens is 3. The number of carbonyl (C=O) groups excluding carboxylic acids is 5. The Balaban J connectivity index is 1.50. The van der Waals surface area contributed by atoms with Crippen LogP contribution in [0.1, 0.15) is 63.0 Å². The summed E-state index contributed by atoms with van der Waals surface area (Å²) in [7, 11) is 0. The van der Waals surface area contributed by atoms with Crippen LogP contribution in [0.25, 0.3) is 11.1 Å². The van der Waals surface area contributed by atoms with E-state index in [1.807, 2.05) is 30.3 Å². The number of rotatable bonds is 12. The van der Waals surface area contributed by atoms with E-state index in [0.29, 0.717) is 12.0 Å². The van der Waals surface area contributed by atoms with Crippen LogP contribution < -0.4 is 21.3 Å². The van der Waals surface area contributed by atoms with E-state index in [4.69, 9.17) is 0 Å². The molecule has 4 N–H and O–H groups in total. The van der Waals surface area contributed by atoms with Crippen LogP contribution in [0.3, 0.4) is 0 Å². The molecule has 0 heterocycles. The van der Waals surface area contributed by atoms with Crippen molar-refractivity contribution in [2.75, 3.05) is 13.1 Å². The van der Waals surface area contributed by atoms with Gasteiger partial charge in [0.15, 0.2) is 0 Å². The summed E-state index contributed by atoms with van der Waals surface area (Å²) in [5.41, 5.74) is 2.08. The van der Waals surface area contributed by atoms with Crippen molar-refractivity contribution < 1.29 is 41.9 Å². The lowest BCUT2D eigenvalue weighted by Crippen LogP contribution is -2.43. The fraction of sp³-hybridized carbons (Fsp3) is 0.433. The van der Waals surface area contributed by atoms with Gasteiger partial charge < -0.3 is 26.0 Å². The predicted octanol–water partition coefficient (Wildman–Crippen LogP) is 4.06. The molecule has 1 aliphatic rings. The minimum atomic E-state index is -5.36. The van der Waals surface area contributed by atoms with Crippen LogP contribution in [0.4, 0.5) is 18.0 Å². The van der Waals surface area contributed by atoms with Gasteiger partial charge in [-0.05, 0) is 36.0 Å². The van der Waals surface area contributed by atoms with E-state index in [1.165, 1.54) is 6.42 Å². The molecular formula is C30H35F3N4O6. The first kappa shape index (κ1) is 33.1. The van der Waals surface area contributed by atoms with Crippen molar-refractivity contribution in [1.29, 1.82) is 0 Å². The molecule has 3 rings (SSSR count). The van der Waals surface area contributed by atoms with Crippen molar-refractivity contribution in [3.63, 3.8) is 0 Å². The maximum absolute atomic E-state index is 12.6. The minimum Gasteiger partial charge on any atom is -0.386 e. The molecule has 1 atom stereocenters. The second kappa shape index (κ2) is 16.3. The van der Waals surface area contributed by atoms with Crippen LogP contribution in [0, 0.1) is 0 Å². The minimum absolute atomic E-state index is 0.0350. The van der Waals surface area contributed by atoms with E-state index in [9.17, 15) is 37.1 Å². The van der Waals surface area contributed by atoms with E-state index in [0.717, 1.165) is 36.8 Å². The lowest BCUT2D eigenvalue weighted by Gasteiger charge is -2.22. The summed E-state index contributed by atoms with van der Waals surface area (Å²) in [5.74, 6) is -5.31. The Hall–Kier alpha value is -4.42. The van der Waals surface area contributed by atoms with E-state index >= 15 is 0 Å². The zero-order chi connectivity index (χ0) is 31.2. The van der Waals surface area contributed by atoms with Gasteiger partial charge in [-0.2, -0.15) is 13.2 Å². The number of carbonyl (C=O) groups is 5. The van der Waals surface area contributed by atoms with Gasteiger partial charge in [0, 0.05) is 19.0 Å². The van der Waals surface area contributed by atoms with Crippen molar-refractivity contribution in [1.82, 2.24) is 21.3 Å². The standard InChI is InChI=1S/C30H35F3N4O6/c31-30(32,33)28(41)43-27(40)18-24(22-15-13-21(14-16-22)20-8-3-1-4-9-20)37-26(39)19-35-25(38)12-7-17-34-29(42)36-23-10-5-2-6-11-23/h1,3-4,8-9,13-16,23-24H,2,5-7,10-12,17-19H2,(H,35,38)(H,37,39)(H2,34,36,42). The molecule has 4 amide bonds. The maximum Gasteiger partial charge on any atom is 0.491 e. The zero-order valence-electron chi connectivity index (χ0n) is 23.5. The van der Waals surface area contributed by atoms with Crippen LogP contribution in [-0.4, -0.2) is 55.1 Å². The molecule has 2 aromatic rings. The third kappa shape index (κ3) is 11.8. The van der Waals surface area contributed by atoms with Gasteiger partial charge in [-0.1, -0.05) is 73.9 Å². The first-order chi connectivity index (χ1) is 20.5. The van der Waals surface area contributed by atoms with Crippen LogP contribution >= 0.6 is 0 Å². The maximum atomic E-state index is 12.6. The number of benzene rings is 2. The summed E-state index contributed by atoms with van der Waals surface area (Å²) in [5, 5.41) is 10.5. The first-order valence-electron chi connectivity index (χ1n) is 14.1. The second-order valence-electron chi connectivity index (χ2n) is 10.2. The van der Waals surface area contributed by atoms with E-state index in [-0.39, 0.29) is 25.0 Å². The van der Waals surface area contributed by atoms with Crippen molar-refractivity contribution in [3.05, 3.63) is 60.2 Å². The molecule has 1 unspecified atom stereocenters. The Morgan fingerprint density at radius 1 is 0.837 bits per heavy atom. The van der Waals surface area contributed by atoms with Gasteiger partial charge in [-0.15, -0.1) is 0 Å². The molecule has 13 heteroatoms. The highest BCUT2D eigenvalue weighted by molar-refractivity contribution is 5.89. The Bertz CT molecular complexity index is 1250. The molecule has 0 aromatic heterocycles. The van der Waals surface area contributed by atoms with Gasteiger partial charge >= 0.3 is 24.1 Å². The summed E-state index contributed by atoms with van der Waals surface area (Å²) in [4.78, 5) is 60.0. The number of ether oxygens (including phenoxy) is 1. The highest BCUT2D eigenvalue weighted by Gasteiger charge is 2.42. The Morgan fingerprint density at radius 3 is 2.14 bits per heavy atom. The van der Waals surface area contributed by atoms with E-state index < -0.39 is 48.9 Å². The molecule has 2 aromatic carbocycles. The Morgan fingerprint density at radius 2 is 1.49 bits per heavy atom. The molecule has 1 fully saturated rings. The highest BCUT2D eigenvalue weighted by atomic mass is 19.4. The molecule has 232 valence electrons. The number of urea groups is 1. The summed E-state index contributed by atoms with van der Waals surface area (Å²) >= 11 is 0. The van der Waals surface area contributed by atoms with Gasteiger partial charge in [0.2, 0.25) is 11.8 Å². The monoisotopic (exact) mass is 604 g/mol. The molecule has 43 heavy (non-hydrogen) atoms. The fourth-order valence-corrected chi connectivity index (χ4v) is 4.61. The summed E-state index contributed by atoms with van der Waals surface area (Å²) in [6.07, 6.45) is -0.510. The van der Waals surface area contributed by atoms with Crippen LogP contribution in [0.5, 0.6) is 0 Å². The van der Waals surface area contributed by atoms with Gasteiger partial charge in [-0.25, -0.2) is 9.59 Å². The number of esters is 2. The molecule has 0 aliphatic heterocycles. The molecule has 0 bridgehead atoms. The molecule has 0 saturated heterocycles. The SMILES string of the molecule is O=C(CCCNC(=O)NC1CCCCC1)NCC(=O)NC(CC(=O)OC(=O)C(F)(F)F)c1ccc(-c2ccccc2)cc1. The Kier molecular flexibility index (Phi) is 12.5. The van der Waals surface area contributed by atoms with Crippen molar-refractivity contribution >= 4 is 29.8 Å². The van der Waals surface area contributed by atoms with Crippen LogP contribution in [0.15, 0.2) is 54.6 Å². The van der Waals surface area contributed by atoms with Crippen molar-refractivity contribution in [2.45, 2.75) is 69.6 Å². The quantitative estimate of drug-likeness (QED) is 0.164. The summed E-state index contributed by atoms with van der Waals surface area (Å²) < 4.78 is 41.5. The molecule has 0 radical (unpaired) electrons. The van der Waals surface area contributed by atoms with E-state index in [2.05, 4.69) is 26.0 Å². The zero-order valence-corrected chi connectivity index (χ0v) is 23.5. The van der Waals surface area contributed by atoms with Gasteiger partial charge in [-0.3, -0.25) is 14.4 Å². The largest absolute Gasteiger partial charge is 0.491 e. The first-order valence-corrected chi connectivity index (χ1v) is 14.1. The van der Waals surface area contributed by atoms with E-state index in [1.54, 1.807) is 24.3 Å². The topological polar surface area (TPSA) is 143 Å². The number of alkyl halides is 3. The molecular weight excluding hydrogens is 569 g/mol. The number of nitrogens with one attached hydrogen (secondary N) is 4.